The van der Waals surface area contributed by atoms with E-state index in [-0.39, 0.29) is 0 Å². The van der Waals surface area contributed by atoms with Crippen LogP contribution in [0.15, 0.2) is 54.6 Å². The van der Waals surface area contributed by atoms with Gasteiger partial charge >= 0.3 is 0 Å². The molecule has 0 amide bonds. The van der Waals surface area contributed by atoms with Crippen molar-refractivity contribution in [3.8, 4) is 16.9 Å². The van der Waals surface area contributed by atoms with E-state index in [1.165, 1.54) is 5.56 Å². The van der Waals surface area contributed by atoms with E-state index >= 15 is 0 Å². The molecule has 0 spiro atoms. The van der Waals surface area contributed by atoms with Crippen molar-refractivity contribution in [2.24, 2.45) is 0 Å². The number of nitrogens with two attached hydrogens (primary N) is 1. The van der Waals surface area contributed by atoms with E-state index in [4.69, 9.17) is 9.47 Å². The van der Waals surface area contributed by atoms with Crippen molar-refractivity contribution in [2.75, 3.05) is 33.4 Å². The number of benzene rings is 2. The fraction of sp³-hybridized carbons (Fsp3) is 0.368. The first-order chi connectivity index (χ1) is 10.9. The van der Waals surface area contributed by atoms with Crippen LogP contribution < -0.4 is 10.1 Å². The van der Waals surface area contributed by atoms with Gasteiger partial charge < -0.3 is 14.8 Å². The number of hydrogen-bond donors (Lipinski definition) is 1. The summed E-state index contributed by atoms with van der Waals surface area (Å²) >= 11 is 0. The molecule has 0 heterocycles. The third-order valence-electron chi connectivity index (χ3n) is 3.56. The van der Waals surface area contributed by atoms with Gasteiger partial charge in [0.15, 0.2) is 0 Å². The number of methoxy groups -OCH3 is 1. The molecule has 0 aliphatic rings. The fourth-order valence-electron chi connectivity index (χ4n) is 2.37. The molecule has 2 aromatic carbocycles. The quantitative estimate of drug-likeness (QED) is 0.685. The smallest absolute Gasteiger partial charge is 0.127 e. The Kier molecular flexibility index (Phi) is 7.50. The Bertz CT molecular complexity index is 528. The molecule has 0 saturated carbocycles. The van der Waals surface area contributed by atoms with Crippen LogP contribution in [0.2, 0.25) is 0 Å². The number of unbranched alkanes of at least 4 members (excludes halogenated alkanes) is 1. The zero-order valence-electron chi connectivity index (χ0n) is 13.3. The first-order valence-electron chi connectivity index (χ1n) is 7.99. The highest BCUT2D eigenvalue weighted by Gasteiger charge is 2.04. The summed E-state index contributed by atoms with van der Waals surface area (Å²) in [4.78, 5) is 0. The molecule has 2 aromatic rings. The maximum atomic E-state index is 5.98. The normalized spacial score (nSPS) is 10.6. The second-order valence-corrected chi connectivity index (χ2v) is 5.28. The van der Waals surface area contributed by atoms with Gasteiger partial charge in [-0.1, -0.05) is 48.5 Å². The van der Waals surface area contributed by atoms with Crippen LogP contribution in [-0.4, -0.2) is 33.4 Å². The van der Waals surface area contributed by atoms with Crippen LogP contribution in [0.1, 0.15) is 12.8 Å². The average Bonchev–Trinajstić information content (AvgIpc) is 2.58. The highest BCUT2D eigenvalue weighted by atomic mass is 16.5. The summed E-state index contributed by atoms with van der Waals surface area (Å²) < 4.78 is 11.0. The minimum absolute atomic E-state index is 0.766. The van der Waals surface area contributed by atoms with Crippen LogP contribution in [0, 0.1) is 0 Å². The summed E-state index contributed by atoms with van der Waals surface area (Å²) in [5.74, 6) is 0.970. The Morgan fingerprint density at radius 1 is 0.818 bits per heavy atom. The van der Waals surface area contributed by atoms with E-state index in [1.807, 2.05) is 18.2 Å². The zero-order chi connectivity index (χ0) is 15.5. The van der Waals surface area contributed by atoms with Crippen molar-refractivity contribution in [3.05, 3.63) is 54.6 Å². The molecular weight excluding hydrogens is 274 g/mol. The maximum Gasteiger partial charge on any atom is 0.127 e. The number of ether oxygens (including phenoxy) is 2. The molecule has 0 atom stereocenters. The maximum absolute atomic E-state index is 5.98. The highest BCUT2D eigenvalue weighted by Crippen LogP contribution is 2.29. The fourth-order valence-corrected chi connectivity index (χ4v) is 2.37. The Labute approximate surface area is 133 Å². The minimum atomic E-state index is 0.766. The van der Waals surface area contributed by atoms with Gasteiger partial charge in [-0.15, -0.1) is 0 Å². The van der Waals surface area contributed by atoms with Gasteiger partial charge in [0.1, 0.15) is 5.75 Å². The van der Waals surface area contributed by atoms with Gasteiger partial charge in [-0.2, -0.15) is 0 Å². The van der Waals surface area contributed by atoms with E-state index in [9.17, 15) is 0 Å². The van der Waals surface area contributed by atoms with E-state index in [0.29, 0.717) is 0 Å². The molecule has 118 valence electrons. The first kappa shape index (κ1) is 16.5. The topological polar surface area (TPSA) is 35.1 Å². The van der Waals surface area contributed by atoms with Gasteiger partial charge in [0.2, 0.25) is 0 Å². The zero-order valence-corrected chi connectivity index (χ0v) is 13.3. The van der Waals surface area contributed by atoms with E-state index in [2.05, 4.69) is 41.7 Å². The van der Waals surface area contributed by atoms with Crippen molar-refractivity contribution in [2.45, 2.75) is 12.8 Å². The highest BCUT2D eigenvalue weighted by molar-refractivity contribution is 5.70. The monoisotopic (exact) mass is 300 g/mol. The lowest BCUT2D eigenvalue weighted by Crippen LogP contribution is -2.85. The van der Waals surface area contributed by atoms with Crippen LogP contribution in [0.5, 0.6) is 5.75 Å². The first-order valence-corrected chi connectivity index (χ1v) is 7.99. The van der Waals surface area contributed by atoms with Crippen LogP contribution in [0.4, 0.5) is 0 Å². The number of para-hydroxylation sites is 1. The summed E-state index contributed by atoms with van der Waals surface area (Å²) in [7, 11) is 1.74. The van der Waals surface area contributed by atoms with Gasteiger partial charge in [0.05, 0.1) is 26.3 Å². The lowest BCUT2D eigenvalue weighted by atomic mass is 10.1. The second kappa shape index (κ2) is 9.98. The predicted molar refractivity (Wildman–Crippen MR) is 90.1 cm³/mol. The largest absolute Gasteiger partial charge is 0.493 e. The molecule has 0 bridgehead atoms. The van der Waals surface area contributed by atoms with E-state index < -0.39 is 0 Å². The van der Waals surface area contributed by atoms with Crippen molar-refractivity contribution < 1.29 is 14.8 Å². The van der Waals surface area contributed by atoms with Gasteiger partial charge in [0, 0.05) is 12.7 Å². The van der Waals surface area contributed by atoms with Gasteiger partial charge in [-0.25, -0.2) is 0 Å². The molecule has 0 aromatic heterocycles. The molecule has 0 radical (unpaired) electrons. The third-order valence-corrected chi connectivity index (χ3v) is 3.56. The Balaban J connectivity index is 1.77. The van der Waals surface area contributed by atoms with E-state index in [1.54, 1.807) is 7.11 Å². The molecule has 2 N–H and O–H groups in total. The van der Waals surface area contributed by atoms with Crippen LogP contribution >= 0.6 is 0 Å². The van der Waals surface area contributed by atoms with Crippen molar-refractivity contribution in [3.63, 3.8) is 0 Å². The number of hydrogen-bond acceptors (Lipinski definition) is 2. The SMILES string of the molecule is COCC[NH2+]CCCCOc1ccccc1-c1ccccc1. The molecule has 2 rings (SSSR count). The predicted octanol–water partition coefficient (Wildman–Crippen LogP) is 2.72. The molecule has 0 saturated heterocycles. The number of quaternary nitrogens is 1. The van der Waals surface area contributed by atoms with Gasteiger partial charge in [-0.3, -0.25) is 0 Å². The van der Waals surface area contributed by atoms with Gasteiger partial charge in [-0.05, 0) is 24.5 Å². The second-order valence-electron chi connectivity index (χ2n) is 5.28. The summed E-state index contributed by atoms with van der Waals surface area (Å²) in [5.41, 5.74) is 2.36. The van der Waals surface area contributed by atoms with Crippen molar-refractivity contribution in [1.82, 2.24) is 0 Å². The van der Waals surface area contributed by atoms with E-state index in [0.717, 1.165) is 50.5 Å². The number of rotatable bonds is 10. The van der Waals surface area contributed by atoms with Crippen LogP contribution in [0.25, 0.3) is 11.1 Å². The van der Waals surface area contributed by atoms with Crippen LogP contribution in [-0.2, 0) is 4.74 Å². The van der Waals surface area contributed by atoms with Crippen molar-refractivity contribution in [1.29, 1.82) is 0 Å². The summed E-state index contributed by atoms with van der Waals surface area (Å²) in [5, 5.41) is 2.29. The summed E-state index contributed by atoms with van der Waals surface area (Å²) in [6, 6.07) is 18.6. The Morgan fingerprint density at radius 3 is 2.41 bits per heavy atom. The lowest BCUT2D eigenvalue weighted by Gasteiger charge is -2.11. The summed E-state index contributed by atoms with van der Waals surface area (Å²) in [6.07, 6.45) is 2.24. The summed E-state index contributed by atoms with van der Waals surface area (Å²) in [6.45, 7) is 3.75. The Hall–Kier alpha value is -1.84. The molecule has 0 aliphatic carbocycles. The molecule has 0 unspecified atom stereocenters. The lowest BCUT2D eigenvalue weighted by molar-refractivity contribution is -0.656. The molecule has 3 nitrogen and oxygen atoms in total. The third kappa shape index (κ3) is 5.51. The molecular formula is C19H26NO2+. The van der Waals surface area contributed by atoms with Crippen LogP contribution in [0.3, 0.4) is 0 Å². The van der Waals surface area contributed by atoms with Crippen molar-refractivity contribution >= 4 is 0 Å². The molecule has 3 heteroatoms. The van der Waals surface area contributed by atoms with Gasteiger partial charge in [0.25, 0.3) is 0 Å². The molecule has 0 fully saturated rings. The Morgan fingerprint density at radius 2 is 1.59 bits per heavy atom. The molecule has 22 heavy (non-hydrogen) atoms. The average molecular weight is 300 g/mol. The standard InChI is InChI=1S/C19H25NO2/c1-21-16-14-20-13-7-8-15-22-19-12-6-5-11-18(19)17-9-3-2-4-10-17/h2-6,9-12,20H,7-8,13-16H2,1H3/p+1. The minimum Gasteiger partial charge on any atom is -0.493 e. The molecule has 0 aliphatic heterocycles.